The Kier molecular flexibility index (Phi) is 5.00. The zero-order valence-electron chi connectivity index (χ0n) is 9.36. The Bertz CT molecular complexity index is 294. The largest absolute Gasteiger partial charge is 0.480 e. The van der Waals surface area contributed by atoms with Gasteiger partial charge >= 0.3 is 0 Å². The third-order valence-electron chi connectivity index (χ3n) is 2.17. The highest BCUT2D eigenvalue weighted by molar-refractivity contribution is 5.20. The first-order chi connectivity index (χ1) is 7.33. The molecule has 0 aliphatic heterocycles. The van der Waals surface area contributed by atoms with Gasteiger partial charge in [0.05, 0.1) is 13.2 Å². The van der Waals surface area contributed by atoms with Gasteiger partial charge in [0.2, 0.25) is 5.88 Å². The minimum Gasteiger partial charge on any atom is -0.480 e. The Morgan fingerprint density at radius 3 is 2.67 bits per heavy atom. The lowest BCUT2D eigenvalue weighted by molar-refractivity contribution is 0.183. The van der Waals surface area contributed by atoms with E-state index in [4.69, 9.17) is 9.47 Å². The zero-order valence-corrected chi connectivity index (χ0v) is 9.36. The second kappa shape index (κ2) is 6.31. The van der Waals surface area contributed by atoms with Crippen LogP contribution in [0, 0.1) is 0 Å². The van der Waals surface area contributed by atoms with Crippen molar-refractivity contribution < 1.29 is 9.47 Å². The Labute approximate surface area is 89.8 Å². The van der Waals surface area contributed by atoms with Crippen molar-refractivity contribution in [1.82, 2.24) is 15.3 Å². The van der Waals surface area contributed by atoms with Crippen LogP contribution < -0.4 is 10.1 Å². The Hall–Kier alpha value is -1.20. The maximum Gasteiger partial charge on any atom is 0.236 e. The van der Waals surface area contributed by atoms with E-state index in [1.54, 1.807) is 26.6 Å². The summed E-state index contributed by atoms with van der Waals surface area (Å²) in [5.74, 6) is 0.563. The summed E-state index contributed by atoms with van der Waals surface area (Å²) < 4.78 is 10.2. The van der Waals surface area contributed by atoms with Gasteiger partial charge in [-0.05, 0) is 13.5 Å². The van der Waals surface area contributed by atoms with Crippen LogP contribution in [0.2, 0.25) is 0 Å². The van der Waals surface area contributed by atoms with Gasteiger partial charge in [-0.25, -0.2) is 4.98 Å². The number of nitrogens with zero attached hydrogens (tertiary/aromatic N) is 2. The van der Waals surface area contributed by atoms with Gasteiger partial charge < -0.3 is 14.8 Å². The van der Waals surface area contributed by atoms with E-state index in [1.165, 1.54) is 0 Å². The Balaban J connectivity index is 2.80. The van der Waals surface area contributed by atoms with Crippen molar-refractivity contribution in [2.24, 2.45) is 0 Å². The lowest BCUT2D eigenvalue weighted by Gasteiger charge is -2.16. The molecular weight excluding hydrogens is 194 g/mol. The molecule has 0 bridgehead atoms. The number of ether oxygens (including phenoxy) is 2. The molecule has 0 aliphatic rings. The molecule has 1 unspecified atom stereocenters. The van der Waals surface area contributed by atoms with Crippen LogP contribution in [0.5, 0.6) is 5.88 Å². The molecule has 5 nitrogen and oxygen atoms in total. The van der Waals surface area contributed by atoms with Crippen LogP contribution in [0.4, 0.5) is 0 Å². The molecule has 5 heteroatoms. The molecule has 1 aromatic heterocycles. The highest BCUT2D eigenvalue weighted by atomic mass is 16.5. The number of rotatable bonds is 6. The lowest BCUT2D eigenvalue weighted by Crippen LogP contribution is -2.20. The molecule has 84 valence electrons. The van der Waals surface area contributed by atoms with Crippen LogP contribution >= 0.6 is 0 Å². The summed E-state index contributed by atoms with van der Waals surface area (Å²) in [6, 6.07) is 0.105. The summed E-state index contributed by atoms with van der Waals surface area (Å²) in [6.07, 6.45) is 4.11. The second-order valence-corrected chi connectivity index (χ2v) is 3.07. The first kappa shape index (κ1) is 11.9. The second-order valence-electron chi connectivity index (χ2n) is 3.07. The standard InChI is InChI=1S/C10H17N3O2/c1-11-8(4-7-14-2)9-10(15-3)13-6-5-12-9/h5-6,8,11H,4,7H2,1-3H3. The zero-order chi connectivity index (χ0) is 11.1. The highest BCUT2D eigenvalue weighted by Crippen LogP contribution is 2.21. The number of aromatic nitrogens is 2. The topological polar surface area (TPSA) is 56.3 Å². The van der Waals surface area contributed by atoms with Gasteiger partial charge in [0.1, 0.15) is 5.69 Å². The SMILES string of the molecule is CNC(CCOC)c1nccnc1OC. The van der Waals surface area contributed by atoms with E-state index in [0.717, 1.165) is 12.1 Å². The lowest BCUT2D eigenvalue weighted by atomic mass is 10.1. The van der Waals surface area contributed by atoms with Crippen LogP contribution in [-0.2, 0) is 4.74 Å². The van der Waals surface area contributed by atoms with Crippen molar-refractivity contribution in [3.05, 3.63) is 18.1 Å². The minimum atomic E-state index is 0.105. The molecule has 0 aromatic carbocycles. The van der Waals surface area contributed by atoms with Crippen molar-refractivity contribution in [2.75, 3.05) is 27.9 Å². The van der Waals surface area contributed by atoms with E-state index in [9.17, 15) is 0 Å². The fourth-order valence-corrected chi connectivity index (χ4v) is 1.39. The van der Waals surface area contributed by atoms with E-state index in [0.29, 0.717) is 12.5 Å². The fraction of sp³-hybridized carbons (Fsp3) is 0.600. The van der Waals surface area contributed by atoms with Gasteiger partial charge in [-0.1, -0.05) is 0 Å². The smallest absolute Gasteiger partial charge is 0.236 e. The third-order valence-corrected chi connectivity index (χ3v) is 2.17. The normalized spacial score (nSPS) is 12.5. The predicted octanol–water partition coefficient (Wildman–Crippen LogP) is 0.782. The van der Waals surface area contributed by atoms with Gasteiger partial charge in [-0.3, -0.25) is 4.98 Å². The van der Waals surface area contributed by atoms with E-state index in [1.807, 2.05) is 7.05 Å². The van der Waals surface area contributed by atoms with Crippen LogP contribution in [0.15, 0.2) is 12.4 Å². The Morgan fingerprint density at radius 2 is 2.07 bits per heavy atom. The van der Waals surface area contributed by atoms with Crippen molar-refractivity contribution in [1.29, 1.82) is 0 Å². The predicted molar refractivity (Wildman–Crippen MR) is 56.9 cm³/mol. The quantitative estimate of drug-likeness (QED) is 0.753. The van der Waals surface area contributed by atoms with E-state index in [-0.39, 0.29) is 6.04 Å². The van der Waals surface area contributed by atoms with Gasteiger partial charge in [0, 0.05) is 26.1 Å². The molecule has 0 amide bonds. The number of methoxy groups -OCH3 is 2. The number of hydrogen-bond acceptors (Lipinski definition) is 5. The van der Waals surface area contributed by atoms with Crippen LogP contribution in [0.1, 0.15) is 18.2 Å². The molecule has 15 heavy (non-hydrogen) atoms. The molecule has 1 N–H and O–H groups in total. The molecule has 0 saturated carbocycles. The van der Waals surface area contributed by atoms with Gasteiger partial charge in [-0.2, -0.15) is 0 Å². The van der Waals surface area contributed by atoms with E-state index >= 15 is 0 Å². The van der Waals surface area contributed by atoms with Crippen LogP contribution in [-0.4, -0.2) is 37.8 Å². The molecule has 1 rings (SSSR count). The van der Waals surface area contributed by atoms with E-state index < -0.39 is 0 Å². The number of hydrogen-bond donors (Lipinski definition) is 1. The molecule has 1 heterocycles. The average Bonchev–Trinajstić information content (AvgIpc) is 2.30. The highest BCUT2D eigenvalue weighted by Gasteiger charge is 2.16. The molecule has 0 radical (unpaired) electrons. The molecule has 0 saturated heterocycles. The summed E-state index contributed by atoms with van der Waals surface area (Å²) >= 11 is 0. The first-order valence-corrected chi connectivity index (χ1v) is 4.84. The Morgan fingerprint density at radius 1 is 1.33 bits per heavy atom. The molecule has 1 atom stereocenters. The van der Waals surface area contributed by atoms with Crippen molar-refractivity contribution in [2.45, 2.75) is 12.5 Å². The van der Waals surface area contributed by atoms with Crippen LogP contribution in [0.25, 0.3) is 0 Å². The molecular formula is C10H17N3O2. The van der Waals surface area contributed by atoms with Crippen molar-refractivity contribution in [3.63, 3.8) is 0 Å². The van der Waals surface area contributed by atoms with Crippen LogP contribution in [0.3, 0.4) is 0 Å². The maximum atomic E-state index is 5.15. The van der Waals surface area contributed by atoms with Gasteiger partial charge in [-0.15, -0.1) is 0 Å². The third kappa shape index (κ3) is 3.14. The van der Waals surface area contributed by atoms with Gasteiger partial charge in [0.15, 0.2) is 0 Å². The fourth-order valence-electron chi connectivity index (χ4n) is 1.39. The molecule has 0 fully saturated rings. The number of nitrogens with one attached hydrogen (secondary N) is 1. The molecule has 1 aromatic rings. The molecule has 0 aliphatic carbocycles. The summed E-state index contributed by atoms with van der Waals surface area (Å²) in [4.78, 5) is 8.38. The molecule has 0 spiro atoms. The summed E-state index contributed by atoms with van der Waals surface area (Å²) in [5, 5.41) is 3.17. The summed E-state index contributed by atoms with van der Waals surface area (Å²) in [6.45, 7) is 0.672. The monoisotopic (exact) mass is 211 g/mol. The average molecular weight is 211 g/mol. The summed E-state index contributed by atoms with van der Waals surface area (Å²) in [7, 11) is 5.16. The van der Waals surface area contributed by atoms with E-state index in [2.05, 4.69) is 15.3 Å². The minimum absolute atomic E-state index is 0.105. The summed E-state index contributed by atoms with van der Waals surface area (Å²) in [5.41, 5.74) is 0.819. The van der Waals surface area contributed by atoms with Crippen molar-refractivity contribution >= 4 is 0 Å². The van der Waals surface area contributed by atoms with Gasteiger partial charge in [0.25, 0.3) is 0 Å². The van der Waals surface area contributed by atoms with Crippen molar-refractivity contribution in [3.8, 4) is 5.88 Å². The maximum absolute atomic E-state index is 5.15. The first-order valence-electron chi connectivity index (χ1n) is 4.84.